The van der Waals surface area contributed by atoms with E-state index in [2.05, 4.69) is 4.89 Å². The van der Waals surface area contributed by atoms with Crippen LogP contribution in [-0.4, -0.2) is 35.6 Å². The highest BCUT2D eigenvalue weighted by Gasteiger charge is 2.08. The van der Waals surface area contributed by atoms with E-state index >= 15 is 0 Å². The van der Waals surface area contributed by atoms with Crippen molar-refractivity contribution in [3.05, 3.63) is 0 Å². The fraction of sp³-hybridized carbons (Fsp3) is 0.600. The molecule has 0 aliphatic rings. The van der Waals surface area contributed by atoms with Crippen LogP contribution in [0.15, 0.2) is 0 Å². The quantitative estimate of drug-likeness (QED) is 0.421. The minimum Gasteiger partial charge on any atom is -0.335 e. The predicted octanol–water partition coefficient (Wildman–Crippen LogP) is -0.519. The Morgan fingerprint density at radius 2 is 2.10 bits per heavy atom. The Balaban J connectivity index is 3.68. The molecule has 0 radical (unpaired) electrons. The molecule has 0 heterocycles. The van der Waals surface area contributed by atoms with Crippen LogP contribution in [0.5, 0.6) is 0 Å². The first-order valence-corrected chi connectivity index (χ1v) is 2.64. The summed E-state index contributed by atoms with van der Waals surface area (Å²) in [5.41, 5.74) is 0. The smallest absolute Gasteiger partial charge is 0.335 e. The molecule has 0 spiro atoms. The maximum absolute atomic E-state index is 10.4. The maximum atomic E-state index is 10.4. The molecule has 1 amide bonds. The second kappa shape index (κ2) is 3.84. The van der Waals surface area contributed by atoms with Crippen LogP contribution in [0.3, 0.4) is 0 Å². The number of rotatable bonds is 2. The second-order valence-electron chi connectivity index (χ2n) is 1.84. The van der Waals surface area contributed by atoms with Crippen LogP contribution >= 0.6 is 0 Å². The fourth-order valence-electron chi connectivity index (χ4n) is 0.334. The second-order valence-corrected chi connectivity index (χ2v) is 1.84. The fourth-order valence-corrected chi connectivity index (χ4v) is 0.334. The van der Waals surface area contributed by atoms with Gasteiger partial charge in [0.25, 0.3) is 0 Å². The molecule has 0 bridgehead atoms. The number of likely N-dealkylation sites (N-methyl/N-ethyl adjacent to an activating group) is 1. The van der Waals surface area contributed by atoms with E-state index in [1.807, 2.05) is 0 Å². The molecule has 0 atom stereocenters. The normalized spacial score (nSPS) is 8.70. The van der Waals surface area contributed by atoms with Crippen molar-refractivity contribution in [1.82, 2.24) is 4.90 Å². The van der Waals surface area contributed by atoms with Crippen molar-refractivity contribution in [3.8, 4) is 0 Å². The Bertz CT molecular complexity index is 145. The lowest BCUT2D eigenvalue weighted by atomic mass is 10.5. The van der Waals surface area contributed by atoms with Crippen molar-refractivity contribution in [2.45, 2.75) is 6.92 Å². The molecule has 0 aliphatic carbocycles. The van der Waals surface area contributed by atoms with Crippen LogP contribution in [0.4, 0.5) is 0 Å². The van der Waals surface area contributed by atoms with Gasteiger partial charge in [0.1, 0.15) is 6.54 Å². The molecule has 0 unspecified atom stereocenters. The molecule has 58 valence electrons. The zero-order valence-electron chi connectivity index (χ0n) is 5.83. The molecule has 0 aromatic heterocycles. The average Bonchev–Trinajstić information content (AvgIpc) is 1.87. The SMILES string of the molecule is CC(=O)N(C)CC(=O)OO. The number of carbonyl (C=O) groups is 2. The van der Waals surface area contributed by atoms with Gasteiger partial charge in [-0.15, -0.1) is 0 Å². The molecule has 0 rings (SSSR count). The van der Waals surface area contributed by atoms with E-state index < -0.39 is 5.97 Å². The van der Waals surface area contributed by atoms with Gasteiger partial charge < -0.3 is 4.90 Å². The van der Waals surface area contributed by atoms with E-state index in [9.17, 15) is 9.59 Å². The summed E-state index contributed by atoms with van der Waals surface area (Å²) in [5.74, 6) is -1.11. The van der Waals surface area contributed by atoms with Gasteiger partial charge in [-0.05, 0) is 0 Å². The van der Waals surface area contributed by atoms with Crippen molar-refractivity contribution < 1.29 is 19.7 Å². The summed E-state index contributed by atoms with van der Waals surface area (Å²) in [6.45, 7) is 1.08. The van der Waals surface area contributed by atoms with Crippen molar-refractivity contribution >= 4 is 11.9 Å². The third kappa shape index (κ3) is 3.03. The summed E-state index contributed by atoms with van der Waals surface area (Å²) in [4.78, 5) is 25.2. The lowest BCUT2D eigenvalue weighted by molar-refractivity contribution is -0.234. The van der Waals surface area contributed by atoms with Crippen molar-refractivity contribution in [1.29, 1.82) is 0 Å². The van der Waals surface area contributed by atoms with Gasteiger partial charge in [-0.25, -0.2) is 4.79 Å². The van der Waals surface area contributed by atoms with Gasteiger partial charge >= 0.3 is 5.97 Å². The van der Waals surface area contributed by atoms with Crippen LogP contribution in [0.2, 0.25) is 0 Å². The monoisotopic (exact) mass is 147 g/mol. The zero-order chi connectivity index (χ0) is 8.15. The minimum absolute atomic E-state index is 0.230. The van der Waals surface area contributed by atoms with E-state index in [1.165, 1.54) is 14.0 Å². The Kier molecular flexibility index (Phi) is 3.42. The van der Waals surface area contributed by atoms with Gasteiger partial charge in [-0.1, -0.05) is 0 Å². The first-order valence-electron chi connectivity index (χ1n) is 2.64. The van der Waals surface area contributed by atoms with Crippen LogP contribution in [-0.2, 0) is 14.5 Å². The Morgan fingerprint density at radius 3 is 2.40 bits per heavy atom. The van der Waals surface area contributed by atoms with Crippen LogP contribution < -0.4 is 0 Å². The lowest BCUT2D eigenvalue weighted by Crippen LogP contribution is -2.30. The molecule has 10 heavy (non-hydrogen) atoms. The lowest BCUT2D eigenvalue weighted by Gasteiger charge is -2.10. The molecule has 0 fully saturated rings. The largest absolute Gasteiger partial charge is 0.361 e. The van der Waals surface area contributed by atoms with Crippen LogP contribution in [0.25, 0.3) is 0 Å². The summed E-state index contributed by atoms with van der Waals surface area (Å²) in [7, 11) is 1.43. The van der Waals surface area contributed by atoms with Gasteiger partial charge in [-0.2, -0.15) is 5.26 Å². The predicted molar refractivity (Wildman–Crippen MR) is 32.0 cm³/mol. The summed E-state index contributed by atoms with van der Waals surface area (Å²) < 4.78 is 0. The van der Waals surface area contributed by atoms with Crippen LogP contribution in [0.1, 0.15) is 6.92 Å². The third-order valence-corrected chi connectivity index (χ3v) is 1.01. The highest BCUT2D eigenvalue weighted by molar-refractivity contribution is 5.79. The standard InChI is InChI=1S/C5H9NO4/c1-4(7)6(2)3-5(8)10-9/h9H,3H2,1-2H3. The number of nitrogens with zero attached hydrogens (tertiary/aromatic N) is 1. The third-order valence-electron chi connectivity index (χ3n) is 1.01. The van der Waals surface area contributed by atoms with Gasteiger partial charge in [0, 0.05) is 14.0 Å². The Morgan fingerprint density at radius 1 is 1.60 bits per heavy atom. The number of amides is 1. The Labute approximate surface area is 58.1 Å². The average molecular weight is 147 g/mol. The first kappa shape index (κ1) is 8.90. The molecular weight excluding hydrogens is 138 g/mol. The van der Waals surface area contributed by atoms with Crippen LogP contribution in [0, 0.1) is 0 Å². The number of carbonyl (C=O) groups excluding carboxylic acids is 2. The van der Waals surface area contributed by atoms with E-state index in [4.69, 9.17) is 5.26 Å². The highest BCUT2D eigenvalue weighted by Crippen LogP contribution is 1.83. The van der Waals surface area contributed by atoms with E-state index in [0.29, 0.717) is 0 Å². The highest BCUT2D eigenvalue weighted by atomic mass is 17.1. The zero-order valence-corrected chi connectivity index (χ0v) is 5.83. The number of hydrogen-bond acceptors (Lipinski definition) is 4. The molecule has 1 N–H and O–H groups in total. The summed E-state index contributed by atoms with van der Waals surface area (Å²) in [6.07, 6.45) is 0. The summed E-state index contributed by atoms with van der Waals surface area (Å²) >= 11 is 0. The maximum Gasteiger partial charge on any atom is 0.361 e. The summed E-state index contributed by atoms with van der Waals surface area (Å²) in [6, 6.07) is 0. The molecule has 0 aromatic carbocycles. The molecule has 5 nitrogen and oxygen atoms in total. The van der Waals surface area contributed by atoms with E-state index in [-0.39, 0.29) is 12.5 Å². The molecule has 5 heteroatoms. The Hall–Kier alpha value is -1.10. The molecule has 0 aliphatic heterocycles. The minimum atomic E-state index is -0.849. The summed E-state index contributed by atoms with van der Waals surface area (Å²) in [5, 5.41) is 7.78. The van der Waals surface area contributed by atoms with Gasteiger partial charge in [-0.3, -0.25) is 9.68 Å². The van der Waals surface area contributed by atoms with Crippen molar-refractivity contribution in [2.24, 2.45) is 0 Å². The van der Waals surface area contributed by atoms with Gasteiger partial charge in [0.05, 0.1) is 0 Å². The number of hydrogen-bond donors (Lipinski definition) is 1. The topological polar surface area (TPSA) is 66.8 Å². The molecular formula is C5H9NO4. The van der Waals surface area contributed by atoms with Gasteiger partial charge in [0.2, 0.25) is 5.91 Å². The molecule has 0 aromatic rings. The van der Waals surface area contributed by atoms with E-state index in [1.54, 1.807) is 0 Å². The van der Waals surface area contributed by atoms with Gasteiger partial charge in [0.15, 0.2) is 0 Å². The molecule has 0 saturated heterocycles. The first-order chi connectivity index (χ1) is 4.57. The van der Waals surface area contributed by atoms with Crippen molar-refractivity contribution in [3.63, 3.8) is 0 Å². The molecule has 0 saturated carbocycles. The van der Waals surface area contributed by atoms with Crippen molar-refractivity contribution in [2.75, 3.05) is 13.6 Å². The van der Waals surface area contributed by atoms with E-state index in [0.717, 1.165) is 4.90 Å².